The molecule has 2 aromatic carbocycles. The first-order chi connectivity index (χ1) is 9.20. The van der Waals surface area contributed by atoms with E-state index in [1.807, 2.05) is 47.3 Å². The summed E-state index contributed by atoms with van der Waals surface area (Å²) in [7, 11) is 1.66. The number of benzene rings is 2. The monoisotopic (exact) mass is 380 g/mol. The van der Waals surface area contributed by atoms with E-state index in [4.69, 9.17) is 4.74 Å². The average molecular weight is 382 g/mol. The van der Waals surface area contributed by atoms with E-state index in [1.54, 1.807) is 7.11 Å². The second kappa shape index (κ2) is 4.98. The SMILES string of the molecule is COc1ccc(Br)c(-n2cnc3cccc(Br)c32)c1. The van der Waals surface area contributed by atoms with Crippen LogP contribution in [0.2, 0.25) is 0 Å². The largest absolute Gasteiger partial charge is 0.497 e. The van der Waals surface area contributed by atoms with Gasteiger partial charge in [0.25, 0.3) is 0 Å². The molecule has 96 valence electrons. The van der Waals surface area contributed by atoms with Crippen molar-refractivity contribution >= 4 is 42.9 Å². The highest BCUT2D eigenvalue weighted by Crippen LogP contribution is 2.31. The Kier molecular flexibility index (Phi) is 3.33. The van der Waals surface area contributed by atoms with Crippen LogP contribution >= 0.6 is 31.9 Å². The van der Waals surface area contributed by atoms with Gasteiger partial charge < -0.3 is 4.74 Å². The van der Waals surface area contributed by atoms with Gasteiger partial charge in [-0.1, -0.05) is 6.07 Å². The summed E-state index contributed by atoms with van der Waals surface area (Å²) in [6.07, 6.45) is 1.81. The predicted molar refractivity (Wildman–Crippen MR) is 83.0 cm³/mol. The summed E-state index contributed by atoms with van der Waals surface area (Å²) in [6, 6.07) is 11.8. The molecule has 0 saturated carbocycles. The number of hydrogen-bond donors (Lipinski definition) is 0. The Morgan fingerprint density at radius 3 is 2.74 bits per heavy atom. The van der Waals surface area contributed by atoms with Crippen molar-refractivity contribution in [3.8, 4) is 11.4 Å². The lowest BCUT2D eigenvalue weighted by molar-refractivity contribution is 0.414. The standard InChI is InChI=1S/C14H10Br2N2O/c1-19-9-5-6-10(15)13(7-9)18-8-17-12-4-2-3-11(16)14(12)18/h2-8H,1H3. The first-order valence-corrected chi connectivity index (χ1v) is 7.25. The molecule has 1 aromatic heterocycles. The molecule has 3 rings (SSSR count). The molecular weight excluding hydrogens is 372 g/mol. The van der Waals surface area contributed by atoms with E-state index in [1.165, 1.54) is 0 Å². The zero-order valence-electron chi connectivity index (χ0n) is 10.1. The summed E-state index contributed by atoms with van der Waals surface area (Å²) in [5, 5.41) is 0. The third kappa shape index (κ3) is 2.17. The minimum absolute atomic E-state index is 0.812. The van der Waals surface area contributed by atoms with E-state index in [0.717, 1.165) is 31.4 Å². The molecule has 0 spiro atoms. The van der Waals surface area contributed by atoms with Gasteiger partial charge in [0.1, 0.15) is 12.1 Å². The van der Waals surface area contributed by atoms with Gasteiger partial charge in [-0.25, -0.2) is 4.98 Å². The maximum atomic E-state index is 5.28. The van der Waals surface area contributed by atoms with Gasteiger partial charge in [-0.3, -0.25) is 4.57 Å². The molecular formula is C14H10Br2N2O. The van der Waals surface area contributed by atoms with Crippen molar-refractivity contribution in [3.05, 3.63) is 51.7 Å². The lowest BCUT2D eigenvalue weighted by Crippen LogP contribution is -1.95. The van der Waals surface area contributed by atoms with Gasteiger partial charge in [0.2, 0.25) is 0 Å². The number of rotatable bonds is 2. The van der Waals surface area contributed by atoms with Crippen LogP contribution in [0.1, 0.15) is 0 Å². The molecule has 0 fully saturated rings. The van der Waals surface area contributed by atoms with Gasteiger partial charge in [-0.15, -0.1) is 0 Å². The van der Waals surface area contributed by atoms with E-state index < -0.39 is 0 Å². The Balaban J connectivity index is 2.30. The van der Waals surface area contributed by atoms with E-state index in [0.29, 0.717) is 0 Å². The number of nitrogens with zero attached hydrogens (tertiary/aromatic N) is 2. The zero-order valence-corrected chi connectivity index (χ0v) is 13.3. The molecule has 0 bridgehead atoms. The lowest BCUT2D eigenvalue weighted by Gasteiger charge is -2.10. The Bertz CT molecular complexity index is 752. The molecule has 0 aliphatic heterocycles. The van der Waals surface area contributed by atoms with Crippen LogP contribution in [0.5, 0.6) is 5.75 Å². The van der Waals surface area contributed by atoms with Gasteiger partial charge >= 0.3 is 0 Å². The first-order valence-electron chi connectivity index (χ1n) is 5.66. The lowest BCUT2D eigenvalue weighted by atomic mass is 10.2. The second-order valence-electron chi connectivity index (χ2n) is 4.04. The van der Waals surface area contributed by atoms with Crippen molar-refractivity contribution in [2.24, 2.45) is 0 Å². The van der Waals surface area contributed by atoms with Crippen LogP contribution in [-0.4, -0.2) is 16.7 Å². The molecule has 0 unspecified atom stereocenters. The molecule has 0 amide bonds. The quantitative estimate of drug-likeness (QED) is 0.650. The third-order valence-corrected chi connectivity index (χ3v) is 4.24. The van der Waals surface area contributed by atoms with Crippen molar-refractivity contribution in [1.29, 1.82) is 0 Å². The van der Waals surface area contributed by atoms with Gasteiger partial charge in [0.05, 0.1) is 23.8 Å². The molecule has 0 atom stereocenters. The van der Waals surface area contributed by atoms with Crippen LogP contribution < -0.4 is 4.74 Å². The Morgan fingerprint density at radius 2 is 1.95 bits per heavy atom. The minimum Gasteiger partial charge on any atom is -0.497 e. The highest BCUT2D eigenvalue weighted by atomic mass is 79.9. The molecule has 0 aliphatic rings. The van der Waals surface area contributed by atoms with Gasteiger partial charge in [0, 0.05) is 15.0 Å². The van der Waals surface area contributed by atoms with E-state index in [-0.39, 0.29) is 0 Å². The molecule has 3 nitrogen and oxygen atoms in total. The fraction of sp³-hybridized carbons (Fsp3) is 0.0714. The summed E-state index contributed by atoms with van der Waals surface area (Å²) >= 11 is 7.15. The molecule has 1 heterocycles. The maximum Gasteiger partial charge on any atom is 0.121 e. The number of imidazole rings is 1. The van der Waals surface area contributed by atoms with Crippen LogP contribution in [0.4, 0.5) is 0 Å². The number of fused-ring (bicyclic) bond motifs is 1. The van der Waals surface area contributed by atoms with E-state index in [2.05, 4.69) is 36.8 Å². The van der Waals surface area contributed by atoms with Gasteiger partial charge in [-0.05, 0) is 56.1 Å². The number of halogens is 2. The summed E-state index contributed by atoms with van der Waals surface area (Å²) in [5.41, 5.74) is 2.98. The topological polar surface area (TPSA) is 27.1 Å². The third-order valence-electron chi connectivity index (χ3n) is 2.93. The average Bonchev–Trinajstić information content (AvgIpc) is 2.85. The maximum absolute atomic E-state index is 5.28. The van der Waals surface area contributed by atoms with Crippen molar-refractivity contribution < 1.29 is 4.74 Å². The van der Waals surface area contributed by atoms with Crippen LogP contribution in [-0.2, 0) is 0 Å². The highest BCUT2D eigenvalue weighted by Gasteiger charge is 2.11. The van der Waals surface area contributed by atoms with Crippen LogP contribution in [0, 0.1) is 0 Å². The number of hydrogen-bond acceptors (Lipinski definition) is 2. The van der Waals surface area contributed by atoms with Gasteiger partial charge in [-0.2, -0.15) is 0 Å². The fourth-order valence-corrected chi connectivity index (χ4v) is 3.00. The Labute approximate surface area is 127 Å². The normalized spacial score (nSPS) is 10.9. The molecule has 0 saturated heterocycles. The summed E-state index contributed by atoms with van der Waals surface area (Å²) in [5.74, 6) is 0.812. The van der Waals surface area contributed by atoms with Crippen LogP contribution in [0.25, 0.3) is 16.7 Å². The summed E-state index contributed by atoms with van der Waals surface area (Å²) in [4.78, 5) is 4.42. The van der Waals surface area contributed by atoms with Crippen molar-refractivity contribution in [1.82, 2.24) is 9.55 Å². The predicted octanol–water partition coefficient (Wildman–Crippen LogP) is 4.56. The Hall–Kier alpha value is -1.33. The van der Waals surface area contributed by atoms with Crippen LogP contribution in [0.3, 0.4) is 0 Å². The highest BCUT2D eigenvalue weighted by molar-refractivity contribution is 9.11. The van der Waals surface area contributed by atoms with Gasteiger partial charge in [0.15, 0.2) is 0 Å². The summed E-state index contributed by atoms with van der Waals surface area (Å²) in [6.45, 7) is 0. The molecule has 0 N–H and O–H groups in total. The molecule has 0 aliphatic carbocycles. The van der Waals surface area contributed by atoms with E-state index >= 15 is 0 Å². The van der Waals surface area contributed by atoms with Crippen molar-refractivity contribution in [2.45, 2.75) is 0 Å². The molecule has 5 heteroatoms. The smallest absolute Gasteiger partial charge is 0.121 e. The van der Waals surface area contributed by atoms with Crippen molar-refractivity contribution in [3.63, 3.8) is 0 Å². The summed E-state index contributed by atoms with van der Waals surface area (Å²) < 4.78 is 9.32. The zero-order chi connectivity index (χ0) is 13.4. The van der Waals surface area contributed by atoms with E-state index in [9.17, 15) is 0 Å². The first kappa shape index (κ1) is 12.7. The number of aromatic nitrogens is 2. The fourth-order valence-electron chi connectivity index (χ4n) is 2.01. The molecule has 19 heavy (non-hydrogen) atoms. The second-order valence-corrected chi connectivity index (χ2v) is 5.75. The molecule has 3 aromatic rings. The van der Waals surface area contributed by atoms with Crippen molar-refractivity contribution in [2.75, 3.05) is 7.11 Å². The minimum atomic E-state index is 0.812. The number of methoxy groups -OCH3 is 1. The Morgan fingerprint density at radius 1 is 1.11 bits per heavy atom. The number of para-hydroxylation sites is 1. The van der Waals surface area contributed by atoms with Crippen LogP contribution in [0.15, 0.2) is 51.7 Å². The number of ether oxygens (including phenoxy) is 1. The molecule has 0 radical (unpaired) electrons.